The number of benzene rings is 3. The Morgan fingerprint density at radius 2 is 1.60 bits per heavy atom. The average Bonchev–Trinajstić information content (AvgIpc) is 2.82. The summed E-state index contributed by atoms with van der Waals surface area (Å²) in [5, 5.41) is 3.11. The molecule has 0 atom stereocenters. The van der Waals surface area contributed by atoms with Gasteiger partial charge in [0.05, 0.1) is 17.5 Å². The number of methoxy groups -OCH3 is 1. The molecule has 7 nitrogen and oxygen atoms in total. The minimum atomic E-state index is -4.15. The van der Waals surface area contributed by atoms with Crippen molar-refractivity contribution in [3.8, 4) is 5.75 Å². The Labute approximate surface area is 203 Å². The van der Waals surface area contributed by atoms with Crippen LogP contribution in [0.2, 0.25) is 0 Å². The summed E-state index contributed by atoms with van der Waals surface area (Å²) in [7, 11) is -2.67. The van der Waals surface area contributed by atoms with E-state index in [0.717, 1.165) is 16.7 Å². The van der Waals surface area contributed by atoms with Crippen LogP contribution in [0.15, 0.2) is 81.4 Å². The minimum Gasteiger partial charge on any atom is -0.497 e. The number of carbonyl (C=O) groups is 1. The topological polar surface area (TPSA) is 94.5 Å². The molecule has 1 aromatic heterocycles. The van der Waals surface area contributed by atoms with Crippen LogP contribution in [0.5, 0.6) is 5.75 Å². The Balaban J connectivity index is 1.80. The van der Waals surface area contributed by atoms with Gasteiger partial charge in [-0.3, -0.25) is 9.59 Å². The lowest BCUT2D eigenvalue weighted by Crippen LogP contribution is -2.24. The quantitative estimate of drug-likeness (QED) is 0.432. The first-order valence-electron chi connectivity index (χ1n) is 11.0. The summed E-state index contributed by atoms with van der Waals surface area (Å²) in [6.07, 6.45) is 1.25. The van der Waals surface area contributed by atoms with Crippen molar-refractivity contribution in [3.05, 3.63) is 93.8 Å². The predicted molar refractivity (Wildman–Crippen MR) is 136 cm³/mol. The van der Waals surface area contributed by atoms with Crippen LogP contribution in [-0.4, -0.2) is 26.0 Å². The van der Waals surface area contributed by atoms with E-state index in [0.29, 0.717) is 17.0 Å². The molecule has 0 saturated carbocycles. The number of nitrogens with one attached hydrogen (secondary N) is 1. The van der Waals surface area contributed by atoms with Gasteiger partial charge in [-0.05, 0) is 68.8 Å². The number of anilines is 1. The van der Waals surface area contributed by atoms with E-state index in [9.17, 15) is 18.0 Å². The maximum atomic E-state index is 13.4. The highest BCUT2D eigenvalue weighted by atomic mass is 32.2. The number of amides is 1. The van der Waals surface area contributed by atoms with Crippen LogP contribution in [0.25, 0.3) is 10.9 Å². The number of hydrogen-bond donors (Lipinski definition) is 1. The van der Waals surface area contributed by atoms with E-state index >= 15 is 0 Å². The van der Waals surface area contributed by atoms with Crippen LogP contribution in [0.1, 0.15) is 16.7 Å². The molecule has 0 radical (unpaired) electrons. The van der Waals surface area contributed by atoms with Crippen molar-refractivity contribution in [2.24, 2.45) is 0 Å². The number of pyridine rings is 1. The molecule has 8 heteroatoms. The van der Waals surface area contributed by atoms with E-state index in [2.05, 4.69) is 5.32 Å². The van der Waals surface area contributed by atoms with E-state index in [4.69, 9.17) is 4.74 Å². The average molecular weight is 491 g/mol. The highest BCUT2D eigenvalue weighted by molar-refractivity contribution is 7.91. The molecule has 1 N–H and O–H groups in total. The van der Waals surface area contributed by atoms with Gasteiger partial charge >= 0.3 is 0 Å². The molecule has 4 aromatic rings. The molecular weight excluding hydrogens is 464 g/mol. The highest BCUT2D eigenvalue weighted by Gasteiger charge is 2.24. The lowest BCUT2D eigenvalue weighted by Gasteiger charge is -2.15. The van der Waals surface area contributed by atoms with E-state index in [1.165, 1.54) is 42.1 Å². The minimum absolute atomic E-state index is 0.0336. The Morgan fingerprint density at radius 1 is 0.943 bits per heavy atom. The number of carbonyl (C=O) groups excluding carboxylic acids is 1. The van der Waals surface area contributed by atoms with Crippen LogP contribution in [-0.2, 0) is 21.2 Å². The van der Waals surface area contributed by atoms with Crippen LogP contribution < -0.4 is 15.5 Å². The zero-order chi connectivity index (χ0) is 25.3. The summed E-state index contributed by atoms with van der Waals surface area (Å²) >= 11 is 0. The lowest BCUT2D eigenvalue weighted by molar-refractivity contribution is -0.116. The third kappa shape index (κ3) is 4.83. The second kappa shape index (κ2) is 9.38. The van der Waals surface area contributed by atoms with Crippen molar-refractivity contribution in [2.45, 2.75) is 37.1 Å². The smallest absolute Gasteiger partial charge is 0.244 e. The number of rotatable bonds is 6. The van der Waals surface area contributed by atoms with Crippen molar-refractivity contribution in [2.75, 3.05) is 12.4 Å². The van der Waals surface area contributed by atoms with Crippen LogP contribution in [0.3, 0.4) is 0 Å². The molecule has 3 aromatic carbocycles. The Kier molecular flexibility index (Phi) is 6.49. The van der Waals surface area contributed by atoms with Gasteiger partial charge in [-0.2, -0.15) is 0 Å². The summed E-state index contributed by atoms with van der Waals surface area (Å²) in [5.74, 6) is 0.161. The molecule has 1 amide bonds. The Hall–Kier alpha value is -3.91. The number of aryl methyl sites for hydroxylation is 3. The molecule has 0 aliphatic carbocycles. The van der Waals surface area contributed by atoms with Crippen molar-refractivity contribution in [3.63, 3.8) is 0 Å². The van der Waals surface area contributed by atoms with E-state index in [-0.39, 0.29) is 27.6 Å². The number of aromatic nitrogens is 1. The first-order chi connectivity index (χ1) is 16.6. The molecular formula is C27H26N2O5S. The van der Waals surface area contributed by atoms with Gasteiger partial charge in [-0.25, -0.2) is 8.42 Å². The van der Waals surface area contributed by atoms with Crippen molar-refractivity contribution in [1.82, 2.24) is 4.57 Å². The standard InChI is InChI=1S/C27H26N2O5S/c1-17-5-11-23(19(3)13-17)28-26(30)16-29-15-25(27(31)22-14-18(2)6-12-24(22)29)35(32,33)21-9-7-20(34-4)8-10-21/h5-15H,16H2,1-4H3,(H,28,30). The zero-order valence-corrected chi connectivity index (χ0v) is 20.8. The fourth-order valence-corrected chi connectivity index (χ4v) is 5.36. The SMILES string of the molecule is COc1ccc(S(=O)(=O)c2cn(CC(=O)Nc3ccc(C)cc3C)c3ccc(C)cc3c2=O)cc1. The second-order valence-corrected chi connectivity index (χ2v) is 10.4. The van der Waals surface area contributed by atoms with E-state index in [1.807, 2.05) is 45.0 Å². The van der Waals surface area contributed by atoms with Crippen molar-refractivity contribution < 1.29 is 17.9 Å². The normalized spacial score (nSPS) is 11.4. The number of sulfone groups is 1. The van der Waals surface area contributed by atoms with Crippen LogP contribution in [0, 0.1) is 20.8 Å². The number of hydrogen-bond acceptors (Lipinski definition) is 5. The maximum Gasteiger partial charge on any atom is 0.244 e. The molecule has 1 heterocycles. The van der Waals surface area contributed by atoms with Gasteiger partial charge in [0.2, 0.25) is 21.2 Å². The van der Waals surface area contributed by atoms with Gasteiger partial charge < -0.3 is 14.6 Å². The number of ether oxygens (including phenoxy) is 1. The van der Waals surface area contributed by atoms with E-state index in [1.54, 1.807) is 12.1 Å². The summed E-state index contributed by atoms with van der Waals surface area (Å²) in [6.45, 7) is 5.52. The monoisotopic (exact) mass is 490 g/mol. The van der Waals surface area contributed by atoms with Crippen LogP contribution in [0.4, 0.5) is 5.69 Å². The van der Waals surface area contributed by atoms with Gasteiger partial charge in [0.1, 0.15) is 17.2 Å². The molecule has 4 rings (SSSR count). The first-order valence-corrected chi connectivity index (χ1v) is 12.5. The van der Waals surface area contributed by atoms with E-state index < -0.39 is 15.3 Å². The Bertz CT molecular complexity index is 1600. The third-order valence-corrected chi connectivity index (χ3v) is 7.59. The maximum absolute atomic E-state index is 13.4. The second-order valence-electron chi connectivity index (χ2n) is 8.52. The zero-order valence-electron chi connectivity index (χ0n) is 20.0. The Morgan fingerprint density at radius 3 is 2.26 bits per heavy atom. The first kappa shape index (κ1) is 24.2. The summed E-state index contributed by atoms with van der Waals surface area (Å²) in [6, 6.07) is 16.7. The predicted octanol–water partition coefficient (Wildman–Crippen LogP) is 4.41. The van der Waals surface area contributed by atoms with Crippen molar-refractivity contribution in [1.29, 1.82) is 0 Å². The fraction of sp³-hybridized carbons (Fsp3) is 0.185. The van der Waals surface area contributed by atoms with Crippen molar-refractivity contribution >= 4 is 32.3 Å². The molecule has 180 valence electrons. The molecule has 0 unspecified atom stereocenters. The molecule has 0 fully saturated rings. The van der Waals surface area contributed by atoms with Gasteiger partial charge in [0.25, 0.3) is 0 Å². The summed E-state index contributed by atoms with van der Waals surface area (Å²) < 4.78 is 33.5. The van der Waals surface area contributed by atoms with Gasteiger partial charge in [-0.1, -0.05) is 29.3 Å². The molecule has 0 bridgehead atoms. The molecule has 35 heavy (non-hydrogen) atoms. The van der Waals surface area contributed by atoms with Gasteiger partial charge in [0, 0.05) is 17.3 Å². The third-order valence-electron chi connectivity index (χ3n) is 5.83. The fourth-order valence-electron chi connectivity index (χ4n) is 3.99. The largest absolute Gasteiger partial charge is 0.497 e. The summed E-state index contributed by atoms with van der Waals surface area (Å²) in [4.78, 5) is 25.8. The van der Waals surface area contributed by atoms with Crippen LogP contribution >= 0.6 is 0 Å². The summed E-state index contributed by atoms with van der Waals surface area (Å²) in [5.41, 5.74) is 3.35. The van der Waals surface area contributed by atoms with Gasteiger partial charge in [0.15, 0.2) is 0 Å². The lowest BCUT2D eigenvalue weighted by atomic mass is 10.1. The van der Waals surface area contributed by atoms with Gasteiger partial charge in [-0.15, -0.1) is 0 Å². The molecule has 0 spiro atoms. The molecule has 0 aliphatic rings. The molecule has 0 saturated heterocycles. The highest BCUT2D eigenvalue weighted by Crippen LogP contribution is 2.24. The number of fused-ring (bicyclic) bond motifs is 1. The molecule has 0 aliphatic heterocycles. The number of nitrogens with zero attached hydrogens (tertiary/aromatic N) is 1.